The monoisotopic (exact) mass is 125 g/mol. The van der Waals surface area contributed by atoms with E-state index in [1.54, 1.807) is 0 Å². The van der Waals surface area contributed by atoms with Gasteiger partial charge in [-0.25, -0.2) is 0 Å². The lowest BCUT2D eigenvalue weighted by Crippen LogP contribution is -2.14. The second-order valence-corrected chi connectivity index (χ2v) is 2.17. The largest absolute Gasteiger partial charge is 0.397 e. The van der Waals surface area contributed by atoms with E-state index in [1.807, 2.05) is 0 Å². The summed E-state index contributed by atoms with van der Waals surface area (Å²) in [6.45, 7) is 7.30. The fourth-order valence-electron chi connectivity index (χ4n) is 0.548. The van der Waals surface area contributed by atoms with Gasteiger partial charge in [0.1, 0.15) is 0 Å². The molecule has 0 radical (unpaired) electrons. The molecule has 2 N–H and O–H groups in total. The molecule has 0 aromatic carbocycles. The molecule has 0 spiro atoms. The Hall–Kier alpha value is -0.630. The maximum atomic E-state index is 5.40. The zero-order valence-corrected chi connectivity index (χ0v) is 5.33. The summed E-state index contributed by atoms with van der Waals surface area (Å²) in [6.07, 6.45) is 0. The van der Waals surface area contributed by atoms with Crippen LogP contribution >= 0.6 is 12.6 Å². The van der Waals surface area contributed by atoms with Gasteiger partial charge in [0.05, 0.1) is 5.70 Å². The highest BCUT2D eigenvalue weighted by atomic mass is 32.1. The number of nitrogens with two attached hydrogens (primary N) is 1. The molecular weight excluding hydrogens is 118 g/mol. The van der Waals surface area contributed by atoms with Gasteiger partial charge < -0.3 is 5.73 Å². The summed E-state index contributed by atoms with van der Waals surface area (Å²) >= 11 is 4.03. The first-order valence-corrected chi connectivity index (χ1v) is 2.67. The Balaban J connectivity index is 3.08. The Kier molecular flexibility index (Phi) is 0.978. The van der Waals surface area contributed by atoms with E-state index in [1.165, 1.54) is 0 Å². The van der Waals surface area contributed by atoms with E-state index in [-0.39, 0.29) is 0 Å². The van der Waals surface area contributed by atoms with Crippen LogP contribution in [0.25, 0.3) is 0 Å². The Morgan fingerprint density at radius 1 is 1.25 bits per heavy atom. The van der Waals surface area contributed by atoms with Crippen molar-refractivity contribution < 1.29 is 0 Å². The summed E-state index contributed by atoms with van der Waals surface area (Å²) in [5.74, 6) is 0. The minimum Gasteiger partial charge on any atom is -0.397 e. The van der Waals surface area contributed by atoms with Crippen LogP contribution in [-0.4, -0.2) is 0 Å². The van der Waals surface area contributed by atoms with Crippen LogP contribution in [0.4, 0.5) is 0 Å². The summed E-state index contributed by atoms with van der Waals surface area (Å²) in [6, 6.07) is 0. The van der Waals surface area contributed by atoms with Gasteiger partial charge in [0.25, 0.3) is 0 Å². The molecule has 2 heteroatoms. The predicted molar refractivity (Wildman–Crippen MR) is 38.5 cm³/mol. The fourth-order valence-corrected chi connectivity index (χ4v) is 0.818. The number of hydrogen-bond acceptors (Lipinski definition) is 2. The summed E-state index contributed by atoms with van der Waals surface area (Å²) in [7, 11) is 0. The lowest BCUT2D eigenvalue weighted by Gasteiger charge is -2.21. The van der Waals surface area contributed by atoms with E-state index in [0.29, 0.717) is 5.70 Å². The predicted octanol–water partition coefficient (Wildman–Crippen LogP) is 1.21. The highest BCUT2D eigenvalue weighted by molar-refractivity contribution is 7.85. The Morgan fingerprint density at radius 3 is 1.88 bits per heavy atom. The highest BCUT2D eigenvalue weighted by Crippen LogP contribution is 2.35. The molecule has 0 aromatic heterocycles. The van der Waals surface area contributed by atoms with Crippen molar-refractivity contribution in [2.24, 2.45) is 5.73 Å². The van der Waals surface area contributed by atoms with Crippen LogP contribution in [-0.2, 0) is 0 Å². The van der Waals surface area contributed by atoms with Crippen molar-refractivity contribution in [2.75, 3.05) is 0 Å². The quantitative estimate of drug-likeness (QED) is 0.468. The molecule has 42 valence electrons. The van der Waals surface area contributed by atoms with Crippen molar-refractivity contribution in [3.8, 4) is 0 Å². The highest BCUT2D eigenvalue weighted by Gasteiger charge is 2.19. The molecule has 1 aliphatic rings. The fraction of sp³-hybridized carbons (Fsp3) is 0. The standard InChI is InChI=1S/C6H7NS/c1-3-4(2)6(8)5(3)7/h8H,1-2,7H2. The van der Waals surface area contributed by atoms with Crippen molar-refractivity contribution in [2.45, 2.75) is 0 Å². The van der Waals surface area contributed by atoms with Gasteiger partial charge in [0.15, 0.2) is 0 Å². The van der Waals surface area contributed by atoms with Crippen LogP contribution in [0.1, 0.15) is 0 Å². The molecule has 1 rings (SSSR count). The minimum atomic E-state index is 0.679. The third kappa shape index (κ3) is 0.434. The second-order valence-electron chi connectivity index (χ2n) is 1.72. The van der Waals surface area contributed by atoms with Crippen LogP contribution in [0.2, 0.25) is 0 Å². The minimum absolute atomic E-state index is 0.679. The third-order valence-corrected chi connectivity index (χ3v) is 1.74. The molecule has 0 amide bonds. The lowest BCUT2D eigenvalue weighted by atomic mass is 9.94. The second kappa shape index (κ2) is 1.42. The van der Waals surface area contributed by atoms with E-state index < -0.39 is 0 Å². The summed E-state index contributed by atoms with van der Waals surface area (Å²) in [5, 5.41) is 0. The van der Waals surface area contributed by atoms with Crippen LogP contribution in [0.15, 0.2) is 34.9 Å². The molecule has 0 heterocycles. The zero-order valence-electron chi connectivity index (χ0n) is 4.44. The van der Waals surface area contributed by atoms with E-state index in [0.717, 1.165) is 16.1 Å². The number of rotatable bonds is 0. The van der Waals surface area contributed by atoms with Crippen molar-refractivity contribution in [1.29, 1.82) is 0 Å². The van der Waals surface area contributed by atoms with Gasteiger partial charge in [-0.1, -0.05) is 13.2 Å². The van der Waals surface area contributed by atoms with Gasteiger partial charge in [-0.15, -0.1) is 12.6 Å². The van der Waals surface area contributed by atoms with Gasteiger partial charge >= 0.3 is 0 Å². The van der Waals surface area contributed by atoms with Crippen LogP contribution in [0.3, 0.4) is 0 Å². The molecule has 0 saturated heterocycles. The summed E-state index contributed by atoms with van der Waals surface area (Å²) in [5.41, 5.74) is 7.77. The van der Waals surface area contributed by atoms with E-state index in [4.69, 9.17) is 5.73 Å². The van der Waals surface area contributed by atoms with Gasteiger partial charge in [0, 0.05) is 4.91 Å². The first kappa shape index (κ1) is 5.51. The molecule has 0 bridgehead atoms. The molecule has 0 aromatic rings. The Morgan fingerprint density at radius 2 is 1.75 bits per heavy atom. The van der Waals surface area contributed by atoms with Crippen LogP contribution < -0.4 is 5.73 Å². The van der Waals surface area contributed by atoms with Crippen molar-refractivity contribution >= 4 is 12.6 Å². The molecule has 0 fully saturated rings. The molecule has 1 nitrogen and oxygen atoms in total. The third-order valence-electron chi connectivity index (χ3n) is 1.23. The molecule has 0 unspecified atom stereocenters. The SMILES string of the molecule is C=C1C(=C)C(S)=C1N. The Bertz CT molecular complexity index is 179. The maximum absolute atomic E-state index is 5.40. The van der Waals surface area contributed by atoms with E-state index >= 15 is 0 Å². The normalized spacial score (nSPS) is 19.1. The molecule has 1 aliphatic carbocycles. The summed E-state index contributed by atoms with van der Waals surface area (Å²) < 4.78 is 0. The first-order valence-electron chi connectivity index (χ1n) is 2.22. The summed E-state index contributed by atoms with van der Waals surface area (Å²) in [4.78, 5) is 0.787. The molecule has 0 atom stereocenters. The van der Waals surface area contributed by atoms with Crippen LogP contribution in [0.5, 0.6) is 0 Å². The lowest BCUT2D eigenvalue weighted by molar-refractivity contribution is 1.23. The molecule has 0 saturated carbocycles. The average Bonchev–Trinajstić information content (AvgIpc) is 1.83. The zero-order chi connectivity index (χ0) is 6.31. The maximum Gasteiger partial charge on any atom is 0.0529 e. The van der Waals surface area contributed by atoms with Gasteiger partial charge in [-0.3, -0.25) is 0 Å². The van der Waals surface area contributed by atoms with Crippen LogP contribution in [0, 0.1) is 0 Å². The van der Waals surface area contributed by atoms with Gasteiger partial charge in [0.2, 0.25) is 0 Å². The number of hydrogen-bond donors (Lipinski definition) is 2. The van der Waals surface area contributed by atoms with Crippen molar-refractivity contribution in [3.05, 3.63) is 34.9 Å². The van der Waals surface area contributed by atoms with E-state index in [2.05, 4.69) is 25.8 Å². The van der Waals surface area contributed by atoms with Gasteiger partial charge in [-0.2, -0.15) is 0 Å². The first-order chi connectivity index (χ1) is 3.64. The number of thiol groups is 1. The average molecular weight is 125 g/mol. The van der Waals surface area contributed by atoms with Crippen molar-refractivity contribution in [3.63, 3.8) is 0 Å². The van der Waals surface area contributed by atoms with E-state index in [9.17, 15) is 0 Å². The Labute approximate surface area is 54.0 Å². The molecule has 8 heavy (non-hydrogen) atoms. The smallest absolute Gasteiger partial charge is 0.0529 e. The van der Waals surface area contributed by atoms with Crippen molar-refractivity contribution in [1.82, 2.24) is 0 Å². The van der Waals surface area contributed by atoms with Gasteiger partial charge in [-0.05, 0) is 11.1 Å². The topological polar surface area (TPSA) is 26.0 Å². The molecule has 0 aliphatic heterocycles. The molecular formula is C6H7NS. The number of allylic oxidation sites excluding steroid dienone is 2.